The Morgan fingerprint density at radius 2 is 2.06 bits per heavy atom. The van der Waals surface area contributed by atoms with Crippen LogP contribution in [0.15, 0.2) is 10.7 Å². The maximum Gasteiger partial charge on any atom is 0.232 e. The molecular formula is C12H20BrN3O. The number of hydrogen-bond donors (Lipinski definition) is 0. The third kappa shape index (κ3) is 3.84. The zero-order valence-electron chi connectivity index (χ0n) is 11.1. The molecule has 1 rings (SSSR count). The van der Waals surface area contributed by atoms with Gasteiger partial charge in [0.1, 0.15) is 0 Å². The van der Waals surface area contributed by atoms with Gasteiger partial charge in [-0.05, 0) is 35.2 Å². The second-order valence-corrected chi connectivity index (χ2v) is 5.47. The van der Waals surface area contributed by atoms with Crippen molar-refractivity contribution >= 4 is 21.9 Å². The van der Waals surface area contributed by atoms with E-state index in [2.05, 4.69) is 51.6 Å². The van der Waals surface area contributed by atoms with Crippen LogP contribution in [0, 0.1) is 5.92 Å². The highest BCUT2D eigenvalue weighted by molar-refractivity contribution is 9.10. The van der Waals surface area contributed by atoms with Crippen molar-refractivity contribution in [3.8, 4) is 5.88 Å². The lowest BCUT2D eigenvalue weighted by atomic mass is 10.0. The van der Waals surface area contributed by atoms with E-state index >= 15 is 0 Å². The van der Waals surface area contributed by atoms with E-state index in [0.717, 1.165) is 10.9 Å². The molecule has 0 spiro atoms. The van der Waals surface area contributed by atoms with E-state index in [1.54, 1.807) is 13.3 Å². The number of anilines is 1. The molecule has 0 bridgehead atoms. The SMILES string of the molecule is COc1nc(N(C)C(C)CC(C)C)ncc1Br. The smallest absolute Gasteiger partial charge is 0.232 e. The van der Waals surface area contributed by atoms with Gasteiger partial charge in [0.2, 0.25) is 11.8 Å². The lowest BCUT2D eigenvalue weighted by Gasteiger charge is -2.26. The molecule has 96 valence electrons. The van der Waals surface area contributed by atoms with Crippen LogP contribution in [0.1, 0.15) is 27.2 Å². The van der Waals surface area contributed by atoms with Crippen LogP contribution in [0.25, 0.3) is 0 Å². The van der Waals surface area contributed by atoms with Gasteiger partial charge < -0.3 is 9.64 Å². The third-order valence-electron chi connectivity index (χ3n) is 2.68. The lowest BCUT2D eigenvalue weighted by Crippen LogP contribution is -2.31. The lowest BCUT2D eigenvalue weighted by molar-refractivity contribution is 0.393. The van der Waals surface area contributed by atoms with Gasteiger partial charge in [0.25, 0.3) is 0 Å². The molecule has 0 amide bonds. The zero-order valence-corrected chi connectivity index (χ0v) is 12.7. The van der Waals surface area contributed by atoms with Crippen molar-refractivity contribution in [1.29, 1.82) is 0 Å². The van der Waals surface area contributed by atoms with Crippen molar-refractivity contribution in [2.75, 3.05) is 19.1 Å². The van der Waals surface area contributed by atoms with Crippen molar-refractivity contribution < 1.29 is 4.74 Å². The van der Waals surface area contributed by atoms with Crippen LogP contribution in [-0.4, -0.2) is 30.2 Å². The van der Waals surface area contributed by atoms with Crippen molar-refractivity contribution in [3.05, 3.63) is 10.7 Å². The van der Waals surface area contributed by atoms with Gasteiger partial charge in [-0.1, -0.05) is 13.8 Å². The topological polar surface area (TPSA) is 38.2 Å². The Hall–Kier alpha value is -0.840. The summed E-state index contributed by atoms with van der Waals surface area (Å²) in [5.41, 5.74) is 0. The molecule has 0 aromatic carbocycles. The molecular weight excluding hydrogens is 282 g/mol. The molecule has 1 unspecified atom stereocenters. The standard InChI is InChI=1S/C12H20BrN3O/c1-8(2)6-9(3)16(4)12-14-7-10(13)11(15-12)17-5/h7-9H,6H2,1-5H3. The Kier molecular flexibility index (Phi) is 5.18. The summed E-state index contributed by atoms with van der Waals surface area (Å²) < 4.78 is 5.94. The second kappa shape index (κ2) is 6.19. The molecule has 1 aromatic heterocycles. The molecule has 0 aliphatic rings. The predicted molar refractivity (Wildman–Crippen MR) is 73.6 cm³/mol. The van der Waals surface area contributed by atoms with E-state index in [9.17, 15) is 0 Å². The zero-order chi connectivity index (χ0) is 13.0. The maximum absolute atomic E-state index is 5.17. The van der Waals surface area contributed by atoms with Crippen LogP contribution in [0.4, 0.5) is 5.95 Å². The molecule has 0 fully saturated rings. The summed E-state index contributed by atoms with van der Waals surface area (Å²) in [6, 6.07) is 0.404. The quantitative estimate of drug-likeness (QED) is 0.837. The maximum atomic E-state index is 5.17. The van der Waals surface area contributed by atoms with Crippen LogP contribution in [0.3, 0.4) is 0 Å². The number of rotatable bonds is 5. The van der Waals surface area contributed by atoms with E-state index in [-0.39, 0.29) is 0 Å². The summed E-state index contributed by atoms with van der Waals surface area (Å²) in [6.45, 7) is 6.61. The van der Waals surface area contributed by atoms with Gasteiger partial charge in [-0.3, -0.25) is 0 Å². The van der Waals surface area contributed by atoms with Crippen LogP contribution >= 0.6 is 15.9 Å². The van der Waals surface area contributed by atoms with Gasteiger partial charge in [0.05, 0.1) is 17.8 Å². The monoisotopic (exact) mass is 301 g/mol. The first kappa shape index (κ1) is 14.2. The van der Waals surface area contributed by atoms with Crippen molar-refractivity contribution in [1.82, 2.24) is 9.97 Å². The minimum atomic E-state index is 0.404. The van der Waals surface area contributed by atoms with E-state index in [4.69, 9.17) is 4.74 Å². The number of aromatic nitrogens is 2. The van der Waals surface area contributed by atoms with Gasteiger partial charge in [0, 0.05) is 13.1 Å². The first-order chi connectivity index (χ1) is 7.95. The summed E-state index contributed by atoms with van der Waals surface area (Å²) in [5, 5.41) is 0. The van der Waals surface area contributed by atoms with E-state index in [0.29, 0.717) is 23.8 Å². The third-order valence-corrected chi connectivity index (χ3v) is 3.23. The van der Waals surface area contributed by atoms with Crippen LogP contribution in [-0.2, 0) is 0 Å². The average Bonchev–Trinajstić information content (AvgIpc) is 2.27. The number of methoxy groups -OCH3 is 1. The van der Waals surface area contributed by atoms with Gasteiger partial charge in [-0.25, -0.2) is 4.98 Å². The van der Waals surface area contributed by atoms with Crippen molar-refractivity contribution in [2.24, 2.45) is 5.92 Å². The number of nitrogens with zero attached hydrogens (tertiary/aromatic N) is 3. The second-order valence-electron chi connectivity index (χ2n) is 4.62. The van der Waals surface area contributed by atoms with Crippen molar-refractivity contribution in [3.63, 3.8) is 0 Å². The Balaban J connectivity index is 2.84. The van der Waals surface area contributed by atoms with Gasteiger partial charge >= 0.3 is 0 Å². The van der Waals surface area contributed by atoms with Gasteiger partial charge in [-0.15, -0.1) is 0 Å². The van der Waals surface area contributed by atoms with E-state index < -0.39 is 0 Å². The molecule has 4 nitrogen and oxygen atoms in total. The summed E-state index contributed by atoms with van der Waals surface area (Å²) in [6.07, 6.45) is 2.83. The highest BCUT2D eigenvalue weighted by atomic mass is 79.9. The molecule has 0 N–H and O–H groups in total. The number of hydrogen-bond acceptors (Lipinski definition) is 4. The minimum absolute atomic E-state index is 0.404. The number of ether oxygens (including phenoxy) is 1. The van der Waals surface area contributed by atoms with Gasteiger partial charge in [0.15, 0.2) is 0 Å². The first-order valence-electron chi connectivity index (χ1n) is 5.75. The predicted octanol–water partition coefficient (Wildman–Crippen LogP) is 3.12. The summed E-state index contributed by atoms with van der Waals surface area (Å²) in [4.78, 5) is 10.7. The molecule has 0 aliphatic heterocycles. The van der Waals surface area contributed by atoms with Crippen LogP contribution < -0.4 is 9.64 Å². The van der Waals surface area contributed by atoms with Crippen molar-refractivity contribution in [2.45, 2.75) is 33.2 Å². The van der Waals surface area contributed by atoms with E-state index in [1.165, 1.54) is 0 Å². The summed E-state index contributed by atoms with van der Waals surface area (Å²) >= 11 is 3.35. The molecule has 5 heteroatoms. The average molecular weight is 302 g/mol. The highest BCUT2D eigenvalue weighted by Gasteiger charge is 2.15. The van der Waals surface area contributed by atoms with Gasteiger partial charge in [-0.2, -0.15) is 4.98 Å². The Morgan fingerprint density at radius 1 is 1.41 bits per heavy atom. The first-order valence-corrected chi connectivity index (χ1v) is 6.54. The summed E-state index contributed by atoms with van der Waals surface area (Å²) in [7, 11) is 3.62. The van der Waals surface area contributed by atoms with Crippen LogP contribution in [0.5, 0.6) is 5.88 Å². The molecule has 0 aliphatic carbocycles. The molecule has 1 atom stereocenters. The molecule has 0 radical (unpaired) electrons. The van der Waals surface area contributed by atoms with E-state index in [1.807, 2.05) is 7.05 Å². The summed E-state index contributed by atoms with van der Waals surface area (Å²) in [5.74, 6) is 1.92. The van der Waals surface area contributed by atoms with Crippen LogP contribution in [0.2, 0.25) is 0 Å². The Bertz CT molecular complexity index is 371. The molecule has 0 saturated carbocycles. The fourth-order valence-corrected chi connectivity index (χ4v) is 2.05. The Morgan fingerprint density at radius 3 is 2.59 bits per heavy atom. The largest absolute Gasteiger partial charge is 0.480 e. The highest BCUT2D eigenvalue weighted by Crippen LogP contribution is 2.24. The normalized spacial score (nSPS) is 12.6. The Labute approximate surface area is 112 Å². The molecule has 17 heavy (non-hydrogen) atoms. The minimum Gasteiger partial charge on any atom is -0.480 e. The molecule has 0 saturated heterocycles. The molecule has 1 heterocycles. The molecule has 1 aromatic rings. The fraction of sp³-hybridized carbons (Fsp3) is 0.667. The number of halogens is 1. The fourth-order valence-electron chi connectivity index (χ4n) is 1.69.